The molecular weight excluding hydrogens is 472 g/mol. The quantitative estimate of drug-likeness (QED) is 0.124. The Morgan fingerprint density at radius 3 is 2.24 bits per heavy atom. The van der Waals surface area contributed by atoms with E-state index in [2.05, 4.69) is 25.9 Å². The van der Waals surface area contributed by atoms with Crippen LogP contribution in [0, 0.1) is 0 Å². The van der Waals surface area contributed by atoms with Crippen molar-refractivity contribution in [3.8, 4) is 0 Å². The number of carbonyl (C=O) groups is 5. The number of carbonyl (C=O) groups excluding carboxylic acids is 3. The molecule has 34 heavy (non-hydrogen) atoms. The summed E-state index contributed by atoms with van der Waals surface area (Å²) in [4.78, 5) is 66.8. The zero-order valence-electron chi connectivity index (χ0n) is 18.7. The van der Waals surface area contributed by atoms with Crippen LogP contribution in [0.1, 0.15) is 25.5 Å². The molecule has 3 amide bonds. The van der Waals surface area contributed by atoms with E-state index in [-0.39, 0.29) is 12.8 Å². The van der Waals surface area contributed by atoms with E-state index < -0.39 is 66.4 Å². The van der Waals surface area contributed by atoms with E-state index >= 15 is 0 Å². The molecule has 0 aliphatic heterocycles. The van der Waals surface area contributed by atoms with Crippen molar-refractivity contribution in [2.75, 3.05) is 12.0 Å². The summed E-state index contributed by atoms with van der Waals surface area (Å²) in [5.74, 6) is -5.19. The number of rotatable bonds is 15. The van der Waals surface area contributed by atoms with Crippen LogP contribution < -0.4 is 21.7 Å². The highest BCUT2D eigenvalue weighted by atomic mass is 32.2. The van der Waals surface area contributed by atoms with Gasteiger partial charge in [-0.25, -0.2) is 9.78 Å². The Hall–Kier alpha value is -3.17. The molecule has 5 unspecified atom stereocenters. The van der Waals surface area contributed by atoms with Gasteiger partial charge in [0.15, 0.2) is 0 Å². The number of thioether (sulfide) groups is 1. The average molecular weight is 503 g/mol. The van der Waals surface area contributed by atoms with Gasteiger partial charge in [-0.05, 0) is 25.4 Å². The van der Waals surface area contributed by atoms with Crippen LogP contribution >= 0.6 is 11.8 Å². The number of amides is 3. The van der Waals surface area contributed by atoms with Crippen molar-refractivity contribution in [3.05, 3.63) is 18.2 Å². The lowest BCUT2D eigenvalue weighted by atomic mass is 10.1. The smallest absolute Gasteiger partial charge is 0.326 e. The minimum Gasteiger partial charge on any atom is -0.481 e. The van der Waals surface area contributed by atoms with Gasteiger partial charge in [-0.2, -0.15) is 11.8 Å². The molecule has 190 valence electrons. The van der Waals surface area contributed by atoms with Crippen LogP contribution in [0.25, 0.3) is 0 Å². The lowest BCUT2D eigenvalue weighted by Crippen LogP contribution is -2.60. The standard InChI is InChI=1S/C19H30N6O8S/c1-9(26)15(25-16(29)11(20)5-10-7-21-8-22-10)18(31)24-13(6-14(27)28)17(30)23-12(19(32)33)3-4-34-2/h7-9,11-13,15,26H,3-6,20H2,1-2H3,(H,21,22)(H,23,30)(H,24,31)(H,25,29)(H,27,28)(H,32,33). The highest BCUT2D eigenvalue weighted by Gasteiger charge is 2.33. The Balaban J connectivity index is 2.89. The Bertz CT molecular complexity index is 850. The van der Waals surface area contributed by atoms with Crippen LogP contribution in [0.4, 0.5) is 0 Å². The molecule has 1 aromatic rings. The molecule has 0 aliphatic rings. The van der Waals surface area contributed by atoms with Crippen LogP contribution in [-0.2, 0) is 30.4 Å². The second kappa shape index (κ2) is 14.2. The average Bonchev–Trinajstić information content (AvgIpc) is 3.26. The van der Waals surface area contributed by atoms with E-state index in [1.54, 1.807) is 6.26 Å². The number of aliphatic hydroxyl groups excluding tert-OH is 1. The van der Waals surface area contributed by atoms with Gasteiger partial charge in [-0.15, -0.1) is 0 Å². The Kier molecular flexibility index (Phi) is 12.0. The van der Waals surface area contributed by atoms with Crippen molar-refractivity contribution >= 4 is 41.4 Å². The van der Waals surface area contributed by atoms with Crippen LogP contribution in [-0.4, -0.2) is 97.2 Å². The monoisotopic (exact) mass is 502 g/mol. The van der Waals surface area contributed by atoms with Gasteiger partial charge in [0.25, 0.3) is 0 Å². The molecule has 0 saturated carbocycles. The number of imidazole rings is 1. The van der Waals surface area contributed by atoms with Crippen molar-refractivity contribution in [1.29, 1.82) is 0 Å². The first-order chi connectivity index (χ1) is 16.0. The predicted molar refractivity (Wildman–Crippen MR) is 121 cm³/mol. The maximum absolute atomic E-state index is 12.7. The lowest BCUT2D eigenvalue weighted by Gasteiger charge is -2.26. The maximum Gasteiger partial charge on any atom is 0.326 e. The second-order valence-corrected chi connectivity index (χ2v) is 8.44. The van der Waals surface area contributed by atoms with Gasteiger partial charge in [-0.1, -0.05) is 0 Å². The van der Waals surface area contributed by atoms with Gasteiger partial charge in [0, 0.05) is 18.3 Å². The molecular formula is C19H30N6O8S. The first-order valence-electron chi connectivity index (χ1n) is 10.2. The summed E-state index contributed by atoms with van der Waals surface area (Å²) in [6, 6.07) is -5.60. The number of carboxylic acid groups (broad SMARTS) is 2. The first kappa shape index (κ1) is 28.9. The summed E-state index contributed by atoms with van der Waals surface area (Å²) in [6.07, 6.45) is 2.48. The van der Waals surface area contributed by atoms with Crippen molar-refractivity contribution in [3.63, 3.8) is 0 Å². The largest absolute Gasteiger partial charge is 0.481 e. The third kappa shape index (κ3) is 9.76. The zero-order chi connectivity index (χ0) is 25.8. The molecule has 0 saturated heterocycles. The first-order valence-corrected chi connectivity index (χ1v) is 11.6. The van der Waals surface area contributed by atoms with E-state index in [9.17, 15) is 34.2 Å². The number of H-pyrrole nitrogens is 1. The molecule has 1 aromatic heterocycles. The summed E-state index contributed by atoms with van der Waals surface area (Å²) in [5, 5.41) is 35.0. The normalized spacial score (nSPS) is 15.3. The zero-order valence-corrected chi connectivity index (χ0v) is 19.5. The van der Waals surface area contributed by atoms with Gasteiger partial charge < -0.3 is 42.0 Å². The minimum absolute atomic E-state index is 0.0661. The molecule has 0 radical (unpaired) electrons. The van der Waals surface area contributed by atoms with E-state index in [1.807, 2.05) is 0 Å². The minimum atomic E-state index is -1.65. The van der Waals surface area contributed by atoms with E-state index in [4.69, 9.17) is 10.8 Å². The molecule has 0 aromatic carbocycles. The Morgan fingerprint density at radius 2 is 1.74 bits per heavy atom. The van der Waals surface area contributed by atoms with Crippen LogP contribution in [0.2, 0.25) is 0 Å². The lowest BCUT2D eigenvalue weighted by molar-refractivity contribution is -0.144. The Morgan fingerprint density at radius 1 is 1.09 bits per heavy atom. The highest BCUT2D eigenvalue weighted by Crippen LogP contribution is 2.05. The number of hydrogen-bond acceptors (Lipinski definition) is 9. The SMILES string of the molecule is CSCCC(NC(=O)C(CC(=O)O)NC(=O)C(NC(=O)C(N)Cc1cnc[nH]1)C(C)O)C(=O)O. The third-order valence-electron chi connectivity index (χ3n) is 4.63. The van der Waals surface area contributed by atoms with Crippen molar-refractivity contribution < 1.29 is 39.3 Å². The number of carboxylic acids is 2. The third-order valence-corrected chi connectivity index (χ3v) is 5.27. The number of aliphatic carboxylic acids is 2. The molecule has 15 heteroatoms. The summed E-state index contributed by atoms with van der Waals surface area (Å²) in [7, 11) is 0. The molecule has 0 aliphatic carbocycles. The maximum atomic E-state index is 12.7. The number of aromatic amines is 1. The summed E-state index contributed by atoms with van der Waals surface area (Å²) >= 11 is 1.36. The fourth-order valence-corrected chi connectivity index (χ4v) is 3.27. The van der Waals surface area contributed by atoms with Gasteiger partial charge in [0.05, 0.1) is 24.9 Å². The highest BCUT2D eigenvalue weighted by molar-refractivity contribution is 7.98. The molecule has 1 rings (SSSR count). The fraction of sp³-hybridized carbons (Fsp3) is 0.579. The molecule has 1 heterocycles. The summed E-state index contributed by atoms with van der Waals surface area (Å²) in [5.41, 5.74) is 6.39. The molecule has 9 N–H and O–H groups in total. The molecule has 0 spiro atoms. The van der Waals surface area contributed by atoms with Crippen LogP contribution in [0.5, 0.6) is 0 Å². The predicted octanol–water partition coefficient (Wildman–Crippen LogP) is -2.57. The molecule has 5 atom stereocenters. The number of hydrogen-bond donors (Lipinski definition) is 8. The second-order valence-electron chi connectivity index (χ2n) is 7.45. The van der Waals surface area contributed by atoms with E-state index in [0.717, 1.165) is 0 Å². The van der Waals surface area contributed by atoms with Crippen LogP contribution in [0.3, 0.4) is 0 Å². The fourth-order valence-electron chi connectivity index (χ4n) is 2.80. The number of nitrogens with one attached hydrogen (secondary N) is 4. The van der Waals surface area contributed by atoms with Crippen molar-refractivity contribution in [2.45, 2.75) is 56.5 Å². The van der Waals surface area contributed by atoms with Crippen LogP contribution in [0.15, 0.2) is 12.5 Å². The summed E-state index contributed by atoms with van der Waals surface area (Å²) in [6.45, 7) is 1.21. The number of nitrogens with two attached hydrogens (primary N) is 1. The van der Waals surface area contributed by atoms with Gasteiger partial charge in [0.1, 0.15) is 18.1 Å². The molecule has 0 bridgehead atoms. The van der Waals surface area contributed by atoms with Gasteiger partial charge in [-0.3, -0.25) is 19.2 Å². The number of aliphatic hydroxyl groups is 1. The van der Waals surface area contributed by atoms with E-state index in [1.165, 1.54) is 31.2 Å². The van der Waals surface area contributed by atoms with Crippen molar-refractivity contribution in [1.82, 2.24) is 25.9 Å². The van der Waals surface area contributed by atoms with E-state index in [0.29, 0.717) is 11.4 Å². The topological polar surface area (TPSA) is 237 Å². The molecule has 14 nitrogen and oxygen atoms in total. The van der Waals surface area contributed by atoms with Gasteiger partial charge >= 0.3 is 11.9 Å². The number of aromatic nitrogens is 2. The number of nitrogens with zero attached hydrogens (tertiary/aromatic N) is 1. The van der Waals surface area contributed by atoms with Crippen molar-refractivity contribution in [2.24, 2.45) is 5.73 Å². The molecule has 0 fully saturated rings. The summed E-state index contributed by atoms with van der Waals surface area (Å²) < 4.78 is 0. The van der Waals surface area contributed by atoms with Gasteiger partial charge in [0.2, 0.25) is 17.7 Å². The Labute approximate surface area is 199 Å².